The summed E-state index contributed by atoms with van der Waals surface area (Å²) in [5.41, 5.74) is 2.31. The summed E-state index contributed by atoms with van der Waals surface area (Å²) in [4.78, 5) is 15.2. The van der Waals surface area contributed by atoms with Crippen molar-refractivity contribution in [3.63, 3.8) is 0 Å². The van der Waals surface area contributed by atoms with Gasteiger partial charge in [-0.3, -0.25) is 0 Å². The molecular formula is C24H33NO2Si. The first-order valence-corrected chi connectivity index (χ1v) is 13.8. The molecule has 1 aliphatic rings. The summed E-state index contributed by atoms with van der Waals surface area (Å²) in [5, 5.41) is 0. The lowest BCUT2D eigenvalue weighted by atomic mass is 9.84. The van der Waals surface area contributed by atoms with Crippen molar-refractivity contribution in [1.29, 1.82) is 0 Å². The summed E-state index contributed by atoms with van der Waals surface area (Å²) >= 11 is 0. The van der Waals surface area contributed by atoms with Crippen LogP contribution in [0.5, 0.6) is 0 Å². The van der Waals surface area contributed by atoms with Gasteiger partial charge in [0.05, 0.1) is 8.07 Å². The highest BCUT2D eigenvalue weighted by Gasteiger charge is 2.51. The van der Waals surface area contributed by atoms with E-state index in [0.29, 0.717) is 6.54 Å². The van der Waals surface area contributed by atoms with Crippen LogP contribution in [0.15, 0.2) is 60.7 Å². The van der Waals surface area contributed by atoms with E-state index in [1.54, 1.807) is 0 Å². The molecule has 0 radical (unpaired) electrons. The topological polar surface area (TPSA) is 29.5 Å². The fourth-order valence-corrected chi connectivity index (χ4v) is 7.12. The molecule has 0 saturated carbocycles. The number of hydrogen-bond donors (Lipinski definition) is 0. The summed E-state index contributed by atoms with van der Waals surface area (Å²) in [6, 6.07) is 21.3. The molecule has 3 nitrogen and oxygen atoms in total. The van der Waals surface area contributed by atoms with Crippen molar-refractivity contribution in [3.05, 3.63) is 71.8 Å². The highest BCUT2D eigenvalue weighted by Crippen LogP contribution is 2.47. The Morgan fingerprint density at radius 2 is 1.43 bits per heavy atom. The Bertz CT molecular complexity index is 793. The molecule has 150 valence electrons. The maximum atomic E-state index is 13.2. The Kier molecular flexibility index (Phi) is 5.71. The van der Waals surface area contributed by atoms with Crippen LogP contribution in [0.1, 0.15) is 43.7 Å². The van der Waals surface area contributed by atoms with Gasteiger partial charge in [-0.2, -0.15) is 0 Å². The second-order valence-corrected chi connectivity index (χ2v) is 15.2. The van der Waals surface area contributed by atoms with E-state index in [4.69, 9.17) is 4.74 Å². The molecule has 28 heavy (non-hydrogen) atoms. The molecule has 4 heteroatoms. The molecule has 0 bridgehead atoms. The number of carbonyl (C=O) groups excluding carboxylic acids is 1. The van der Waals surface area contributed by atoms with Crippen LogP contribution < -0.4 is 0 Å². The number of rotatable bonds is 3. The van der Waals surface area contributed by atoms with Crippen molar-refractivity contribution in [2.24, 2.45) is 0 Å². The van der Waals surface area contributed by atoms with Crippen molar-refractivity contribution in [2.45, 2.75) is 63.5 Å². The molecule has 1 saturated heterocycles. The maximum absolute atomic E-state index is 13.2. The quantitative estimate of drug-likeness (QED) is 0.592. The largest absolute Gasteiger partial charge is 0.444 e. The van der Waals surface area contributed by atoms with Crippen molar-refractivity contribution in [1.82, 2.24) is 4.90 Å². The van der Waals surface area contributed by atoms with Gasteiger partial charge in [-0.15, -0.1) is 0 Å². The second kappa shape index (κ2) is 7.74. The summed E-state index contributed by atoms with van der Waals surface area (Å²) in [6.07, 6.45) is -0.181. The van der Waals surface area contributed by atoms with Gasteiger partial charge in [0.1, 0.15) is 5.60 Å². The standard InChI is InChI=1S/C24H33NO2Si/c1-24(2,3)27-23(26)25-17-20(18-13-9-7-10-14-18)21(22(25)28(4,5)6)19-15-11-8-12-16-19/h7-16,20-22H,17H2,1-6H3/t20-,21+,22-/m0/s1. The van der Waals surface area contributed by atoms with Crippen LogP contribution in [0.3, 0.4) is 0 Å². The molecule has 2 aromatic carbocycles. The lowest BCUT2D eigenvalue weighted by Crippen LogP contribution is -2.53. The zero-order chi connectivity index (χ0) is 20.5. The summed E-state index contributed by atoms with van der Waals surface area (Å²) in [7, 11) is -1.72. The van der Waals surface area contributed by atoms with E-state index < -0.39 is 13.7 Å². The van der Waals surface area contributed by atoms with E-state index in [1.807, 2.05) is 25.7 Å². The number of ether oxygens (including phenoxy) is 1. The predicted molar refractivity (Wildman–Crippen MR) is 118 cm³/mol. The molecule has 0 N–H and O–H groups in total. The van der Waals surface area contributed by atoms with E-state index >= 15 is 0 Å². The number of hydrogen-bond acceptors (Lipinski definition) is 2. The van der Waals surface area contributed by atoms with Gasteiger partial charge in [0.2, 0.25) is 0 Å². The maximum Gasteiger partial charge on any atom is 0.410 e. The number of carbonyl (C=O) groups is 1. The third kappa shape index (κ3) is 4.49. The smallest absolute Gasteiger partial charge is 0.410 e. The van der Waals surface area contributed by atoms with E-state index in [-0.39, 0.29) is 23.6 Å². The molecule has 1 amide bonds. The molecular weight excluding hydrogens is 362 g/mol. The van der Waals surface area contributed by atoms with Gasteiger partial charge >= 0.3 is 6.09 Å². The summed E-state index contributed by atoms with van der Waals surface area (Å²) in [5.74, 6) is 0.552. The van der Waals surface area contributed by atoms with Crippen molar-refractivity contribution >= 4 is 14.2 Å². The minimum atomic E-state index is -1.72. The minimum Gasteiger partial charge on any atom is -0.444 e. The first kappa shape index (κ1) is 20.7. The lowest BCUT2D eigenvalue weighted by Gasteiger charge is -2.38. The Morgan fingerprint density at radius 1 is 0.929 bits per heavy atom. The zero-order valence-corrected chi connectivity index (χ0v) is 19.0. The number of benzene rings is 2. The third-order valence-electron chi connectivity index (χ3n) is 5.43. The molecule has 0 aliphatic carbocycles. The molecule has 1 heterocycles. The lowest BCUT2D eigenvalue weighted by molar-refractivity contribution is 0.0261. The van der Waals surface area contributed by atoms with Crippen LogP contribution in [0.2, 0.25) is 19.6 Å². The van der Waals surface area contributed by atoms with Crippen LogP contribution in [-0.4, -0.2) is 36.9 Å². The van der Waals surface area contributed by atoms with Crippen LogP contribution in [0.4, 0.5) is 4.79 Å². The van der Waals surface area contributed by atoms with Crippen LogP contribution >= 0.6 is 0 Å². The fourth-order valence-electron chi connectivity index (χ4n) is 4.47. The predicted octanol–water partition coefficient (Wildman–Crippen LogP) is 6.05. The highest BCUT2D eigenvalue weighted by molar-refractivity contribution is 6.78. The molecule has 3 atom stereocenters. The molecule has 0 aromatic heterocycles. The fraction of sp³-hybridized carbons (Fsp3) is 0.458. The molecule has 2 aromatic rings. The van der Waals surface area contributed by atoms with Crippen molar-refractivity contribution < 1.29 is 9.53 Å². The minimum absolute atomic E-state index is 0.181. The molecule has 3 rings (SSSR count). The first-order valence-electron chi connectivity index (χ1n) is 10.2. The average Bonchev–Trinajstić information content (AvgIpc) is 3.03. The number of likely N-dealkylation sites (tertiary alicyclic amines) is 1. The van der Waals surface area contributed by atoms with Crippen molar-refractivity contribution in [3.8, 4) is 0 Å². The van der Waals surface area contributed by atoms with E-state index in [0.717, 1.165) is 0 Å². The molecule has 0 unspecified atom stereocenters. The van der Waals surface area contributed by atoms with Crippen LogP contribution in [0.25, 0.3) is 0 Å². The van der Waals surface area contributed by atoms with Gasteiger partial charge in [-0.25, -0.2) is 4.79 Å². The SMILES string of the molecule is CC(C)(C)OC(=O)N1C[C@@H](c2ccccc2)[C@@H](c2ccccc2)[C@@H]1[Si](C)(C)C. The number of nitrogens with zero attached hydrogens (tertiary/aromatic N) is 1. The van der Waals surface area contributed by atoms with E-state index in [9.17, 15) is 4.79 Å². The normalized spacial score (nSPS) is 22.9. The van der Waals surface area contributed by atoms with Crippen LogP contribution in [0, 0.1) is 0 Å². The summed E-state index contributed by atoms with van der Waals surface area (Å²) in [6.45, 7) is 13.6. The Labute approximate surface area is 170 Å². The Hall–Kier alpha value is -2.07. The van der Waals surface area contributed by atoms with E-state index in [2.05, 4.69) is 80.3 Å². The first-order chi connectivity index (χ1) is 13.1. The van der Waals surface area contributed by atoms with Crippen molar-refractivity contribution in [2.75, 3.05) is 6.54 Å². The highest BCUT2D eigenvalue weighted by atomic mass is 28.3. The van der Waals surface area contributed by atoms with Gasteiger partial charge in [0, 0.05) is 24.0 Å². The Morgan fingerprint density at radius 3 is 1.89 bits per heavy atom. The molecule has 0 spiro atoms. The van der Waals surface area contributed by atoms with Gasteiger partial charge < -0.3 is 9.64 Å². The average molecular weight is 396 g/mol. The zero-order valence-electron chi connectivity index (χ0n) is 18.0. The van der Waals surface area contributed by atoms with Gasteiger partial charge in [-0.05, 0) is 31.9 Å². The van der Waals surface area contributed by atoms with E-state index in [1.165, 1.54) is 11.1 Å². The Balaban J connectivity index is 2.08. The monoisotopic (exact) mass is 395 g/mol. The second-order valence-electron chi connectivity index (χ2n) is 9.90. The molecule has 1 fully saturated rings. The van der Waals surface area contributed by atoms with Crippen LogP contribution in [-0.2, 0) is 4.74 Å². The van der Waals surface area contributed by atoms with Gasteiger partial charge in [-0.1, -0.05) is 80.3 Å². The summed E-state index contributed by atoms with van der Waals surface area (Å²) < 4.78 is 5.82. The van der Waals surface area contributed by atoms with Gasteiger partial charge in [0.25, 0.3) is 0 Å². The number of amides is 1. The third-order valence-corrected chi connectivity index (χ3v) is 7.88. The van der Waals surface area contributed by atoms with Gasteiger partial charge in [0.15, 0.2) is 0 Å². The molecule has 1 aliphatic heterocycles.